The van der Waals surface area contributed by atoms with Crippen LogP contribution in [-0.2, 0) is 11.8 Å². The van der Waals surface area contributed by atoms with Crippen LogP contribution in [0, 0.1) is 5.92 Å². The molecule has 6 nitrogen and oxygen atoms in total. The standard InChI is InChI=1S/C10H16N4O2/c1-14-10(11)12-8(13-14)6-4-2-3-5-7(6)9(15)16/h6-7H,2-5H2,1H3,(H,15,16)(H2,11,12,13). The molecule has 2 atom stereocenters. The molecule has 1 aliphatic rings. The number of carbonyl (C=O) groups is 1. The summed E-state index contributed by atoms with van der Waals surface area (Å²) < 4.78 is 1.49. The van der Waals surface area contributed by atoms with Gasteiger partial charge in [-0.15, -0.1) is 0 Å². The van der Waals surface area contributed by atoms with Crippen LogP contribution in [0.15, 0.2) is 0 Å². The van der Waals surface area contributed by atoms with Gasteiger partial charge in [0.1, 0.15) is 0 Å². The summed E-state index contributed by atoms with van der Waals surface area (Å²) in [5.74, 6) is -0.294. The van der Waals surface area contributed by atoms with Gasteiger partial charge in [-0.2, -0.15) is 10.1 Å². The molecule has 1 fully saturated rings. The minimum Gasteiger partial charge on any atom is -0.481 e. The first-order valence-electron chi connectivity index (χ1n) is 5.49. The second-order valence-corrected chi connectivity index (χ2v) is 4.29. The Hall–Kier alpha value is -1.59. The third kappa shape index (κ3) is 1.87. The highest BCUT2D eigenvalue weighted by Crippen LogP contribution is 2.36. The summed E-state index contributed by atoms with van der Waals surface area (Å²) in [4.78, 5) is 15.3. The number of anilines is 1. The Morgan fingerprint density at radius 2 is 2.19 bits per heavy atom. The van der Waals surface area contributed by atoms with Gasteiger partial charge in [0.15, 0.2) is 5.82 Å². The van der Waals surface area contributed by atoms with Crippen molar-refractivity contribution in [3.05, 3.63) is 5.82 Å². The highest BCUT2D eigenvalue weighted by molar-refractivity contribution is 5.71. The fourth-order valence-corrected chi connectivity index (χ4v) is 2.31. The molecule has 88 valence electrons. The van der Waals surface area contributed by atoms with E-state index in [-0.39, 0.29) is 11.8 Å². The molecule has 0 spiro atoms. The van der Waals surface area contributed by atoms with Crippen LogP contribution in [-0.4, -0.2) is 25.8 Å². The van der Waals surface area contributed by atoms with Gasteiger partial charge in [0.05, 0.1) is 5.92 Å². The van der Waals surface area contributed by atoms with E-state index in [1.165, 1.54) is 4.68 Å². The fraction of sp³-hybridized carbons (Fsp3) is 0.700. The quantitative estimate of drug-likeness (QED) is 0.773. The summed E-state index contributed by atoms with van der Waals surface area (Å²) >= 11 is 0. The van der Waals surface area contributed by atoms with Crippen molar-refractivity contribution in [3.8, 4) is 0 Å². The maximum atomic E-state index is 11.1. The second-order valence-electron chi connectivity index (χ2n) is 4.29. The molecule has 0 bridgehead atoms. The molecule has 0 aromatic carbocycles. The number of hydrogen-bond acceptors (Lipinski definition) is 4. The van der Waals surface area contributed by atoms with Crippen molar-refractivity contribution in [1.29, 1.82) is 0 Å². The lowest BCUT2D eigenvalue weighted by molar-refractivity contribution is -0.143. The van der Waals surface area contributed by atoms with Crippen LogP contribution < -0.4 is 5.73 Å². The molecular weight excluding hydrogens is 208 g/mol. The van der Waals surface area contributed by atoms with Gasteiger partial charge in [0.2, 0.25) is 5.95 Å². The van der Waals surface area contributed by atoms with Crippen molar-refractivity contribution in [2.75, 3.05) is 5.73 Å². The summed E-state index contributed by atoms with van der Waals surface area (Å²) in [6.07, 6.45) is 3.54. The minimum absolute atomic E-state index is 0.0882. The summed E-state index contributed by atoms with van der Waals surface area (Å²) in [7, 11) is 1.71. The Labute approximate surface area is 93.5 Å². The molecule has 1 heterocycles. The summed E-state index contributed by atoms with van der Waals surface area (Å²) in [5.41, 5.74) is 5.61. The van der Waals surface area contributed by atoms with E-state index in [0.29, 0.717) is 18.2 Å². The molecule has 2 rings (SSSR count). The van der Waals surface area contributed by atoms with E-state index < -0.39 is 5.97 Å². The number of carboxylic acid groups (broad SMARTS) is 1. The van der Waals surface area contributed by atoms with Gasteiger partial charge in [-0.25, -0.2) is 4.68 Å². The summed E-state index contributed by atoms with van der Waals surface area (Å²) in [6.45, 7) is 0. The predicted octanol–water partition coefficient (Wildman–Crippen LogP) is 0.756. The highest BCUT2D eigenvalue weighted by atomic mass is 16.4. The van der Waals surface area contributed by atoms with E-state index in [1.807, 2.05) is 0 Å². The topological polar surface area (TPSA) is 94.0 Å². The third-order valence-electron chi connectivity index (χ3n) is 3.23. The Kier molecular flexibility index (Phi) is 2.80. The van der Waals surface area contributed by atoms with Crippen molar-refractivity contribution in [3.63, 3.8) is 0 Å². The Morgan fingerprint density at radius 1 is 1.50 bits per heavy atom. The molecule has 1 aromatic heterocycles. The number of nitrogens with two attached hydrogens (primary N) is 1. The van der Waals surface area contributed by atoms with E-state index in [4.69, 9.17) is 10.8 Å². The van der Waals surface area contributed by atoms with E-state index in [1.54, 1.807) is 7.05 Å². The van der Waals surface area contributed by atoms with Gasteiger partial charge in [-0.05, 0) is 12.8 Å². The molecule has 1 aromatic rings. The molecule has 2 unspecified atom stereocenters. The number of hydrogen-bond donors (Lipinski definition) is 2. The van der Waals surface area contributed by atoms with Gasteiger partial charge < -0.3 is 10.8 Å². The van der Waals surface area contributed by atoms with Crippen LogP contribution in [0.1, 0.15) is 37.4 Å². The number of rotatable bonds is 2. The van der Waals surface area contributed by atoms with Crippen molar-refractivity contribution in [2.45, 2.75) is 31.6 Å². The number of aryl methyl sites for hydroxylation is 1. The van der Waals surface area contributed by atoms with Crippen molar-refractivity contribution >= 4 is 11.9 Å². The highest BCUT2D eigenvalue weighted by Gasteiger charge is 2.34. The number of nitrogen functional groups attached to an aromatic ring is 1. The number of carboxylic acids is 1. The lowest BCUT2D eigenvalue weighted by Gasteiger charge is -2.25. The Bertz CT molecular complexity index is 382. The molecule has 0 saturated heterocycles. The van der Waals surface area contributed by atoms with E-state index in [0.717, 1.165) is 19.3 Å². The Balaban J connectivity index is 2.26. The lowest BCUT2D eigenvalue weighted by Crippen LogP contribution is -2.26. The van der Waals surface area contributed by atoms with Crippen LogP contribution >= 0.6 is 0 Å². The first-order valence-corrected chi connectivity index (χ1v) is 5.49. The molecular formula is C10H16N4O2. The number of aliphatic carboxylic acids is 1. The molecule has 1 aliphatic carbocycles. The second kappa shape index (κ2) is 4.11. The zero-order valence-corrected chi connectivity index (χ0v) is 9.26. The maximum Gasteiger partial charge on any atom is 0.307 e. The summed E-state index contributed by atoms with van der Waals surface area (Å²) in [5, 5.41) is 13.3. The largest absolute Gasteiger partial charge is 0.481 e. The molecule has 3 N–H and O–H groups in total. The molecule has 0 radical (unpaired) electrons. The molecule has 1 saturated carbocycles. The van der Waals surface area contributed by atoms with Crippen LogP contribution in [0.25, 0.3) is 0 Å². The fourth-order valence-electron chi connectivity index (χ4n) is 2.31. The lowest BCUT2D eigenvalue weighted by atomic mass is 9.79. The molecule has 6 heteroatoms. The monoisotopic (exact) mass is 224 g/mol. The Morgan fingerprint density at radius 3 is 2.75 bits per heavy atom. The third-order valence-corrected chi connectivity index (χ3v) is 3.23. The number of nitrogens with zero attached hydrogens (tertiary/aromatic N) is 3. The van der Waals surface area contributed by atoms with Crippen LogP contribution in [0.4, 0.5) is 5.95 Å². The van der Waals surface area contributed by atoms with Crippen LogP contribution in [0.5, 0.6) is 0 Å². The van der Waals surface area contributed by atoms with Crippen LogP contribution in [0.3, 0.4) is 0 Å². The molecule has 0 amide bonds. The van der Waals surface area contributed by atoms with Gasteiger partial charge >= 0.3 is 5.97 Å². The van der Waals surface area contributed by atoms with Gasteiger partial charge in [0, 0.05) is 13.0 Å². The van der Waals surface area contributed by atoms with Gasteiger partial charge in [-0.1, -0.05) is 12.8 Å². The number of aromatic nitrogens is 3. The summed E-state index contributed by atoms with van der Waals surface area (Å²) in [6, 6.07) is 0. The zero-order chi connectivity index (χ0) is 11.7. The first-order chi connectivity index (χ1) is 7.59. The van der Waals surface area contributed by atoms with Gasteiger partial charge in [-0.3, -0.25) is 4.79 Å². The predicted molar refractivity (Wildman–Crippen MR) is 57.8 cm³/mol. The average Bonchev–Trinajstić information content (AvgIpc) is 2.59. The van der Waals surface area contributed by atoms with Crippen molar-refractivity contribution in [2.24, 2.45) is 13.0 Å². The van der Waals surface area contributed by atoms with Crippen LogP contribution in [0.2, 0.25) is 0 Å². The van der Waals surface area contributed by atoms with E-state index >= 15 is 0 Å². The van der Waals surface area contributed by atoms with Crippen molar-refractivity contribution < 1.29 is 9.90 Å². The smallest absolute Gasteiger partial charge is 0.307 e. The minimum atomic E-state index is -0.754. The normalized spacial score (nSPS) is 25.6. The van der Waals surface area contributed by atoms with E-state index in [9.17, 15) is 4.79 Å². The molecule has 16 heavy (non-hydrogen) atoms. The maximum absolute atomic E-state index is 11.1. The first kappa shape index (κ1) is 10.9. The SMILES string of the molecule is Cn1nc(C2CCCCC2C(=O)O)nc1N. The zero-order valence-electron chi connectivity index (χ0n) is 9.26. The average molecular weight is 224 g/mol. The van der Waals surface area contributed by atoms with Crippen molar-refractivity contribution in [1.82, 2.24) is 14.8 Å². The van der Waals surface area contributed by atoms with Gasteiger partial charge in [0.25, 0.3) is 0 Å². The molecule has 0 aliphatic heterocycles. The van der Waals surface area contributed by atoms with E-state index in [2.05, 4.69) is 10.1 Å².